The van der Waals surface area contributed by atoms with Crippen molar-refractivity contribution >= 4 is 11.9 Å². The number of ether oxygens (including phenoxy) is 3. The zero-order valence-electron chi connectivity index (χ0n) is 14.1. The maximum absolute atomic E-state index is 12.3. The van der Waals surface area contributed by atoms with Crippen molar-refractivity contribution in [1.29, 1.82) is 0 Å². The molecule has 3 atom stereocenters. The van der Waals surface area contributed by atoms with E-state index in [-0.39, 0.29) is 24.3 Å². The van der Waals surface area contributed by atoms with Crippen LogP contribution in [0, 0.1) is 5.92 Å². The van der Waals surface area contributed by atoms with Crippen molar-refractivity contribution in [1.82, 2.24) is 5.32 Å². The van der Waals surface area contributed by atoms with Crippen molar-refractivity contribution in [3.63, 3.8) is 0 Å². The van der Waals surface area contributed by atoms with Crippen molar-refractivity contribution in [3.8, 4) is 11.5 Å². The van der Waals surface area contributed by atoms with E-state index in [9.17, 15) is 9.59 Å². The molecule has 0 spiro atoms. The summed E-state index contributed by atoms with van der Waals surface area (Å²) in [5.74, 6) is -0.360. The first-order valence-corrected chi connectivity index (χ1v) is 7.85. The normalized spacial score (nSPS) is 20.1. The maximum Gasteiger partial charge on any atom is 0.305 e. The summed E-state index contributed by atoms with van der Waals surface area (Å²) in [7, 11) is 3.03. The zero-order chi connectivity index (χ0) is 17.7. The molecule has 0 unspecified atom stereocenters. The Bertz CT molecular complexity index is 603. The average molecular weight is 337 g/mol. The van der Waals surface area contributed by atoms with Crippen LogP contribution < -0.4 is 14.8 Å². The van der Waals surface area contributed by atoms with Crippen LogP contribution in [0.15, 0.2) is 18.2 Å². The van der Waals surface area contributed by atoms with E-state index < -0.39 is 12.0 Å². The van der Waals surface area contributed by atoms with Gasteiger partial charge in [-0.1, -0.05) is 6.07 Å². The lowest BCUT2D eigenvalue weighted by Gasteiger charge is -2.19. The molecule has 7 nitrogen and oxygen atoms in total. The SMILES string of the molecule is CCO[C@@H]1C[C@H]1C(=O)N[C@H](CC(=O)O)c1ccc(OC)c(OC)c1. The topological polar surface area (TPSA) is 94.1 Å². The maximum atomic E-state index is 12.3. The second-order valence-electron chi connectivity index (χ2n) is 5.61. The summed E-state index contributed by atoms with van der Waals surface area (Å²) in [5.41, 5.74) is 0.650. The number of benzene rings is 1. The third-order valence-electron chi connectivity index (χ3n) is 3.95. The van der Waals surface area contributed by atoms with Gasteiger partial charge in [0.25, 0.3) is 0 Å². The third kappa shape index (κ3) is 4.38. The minimum absolute atomic E-state index is 0.0640. The van der Waals surface area contributed by atoms with Gasteiger partial charge in [0.2, 0.25) is 5.91 Å². The van der Waals surface area contributed by atoms with Crippen molar-refractivity contribution in [2.24, 2.45) is 5.92 Å². The molecule has 2 N–H and O–H groups in total. The number of aliphatic carboxylic acids is 1. The summed E-state index contributed by atoms with van der Waals surface area (Å²) in [6, 6.07) is 4.45. The predicted molar refractivity (Wildman–Crippen MR) is 86.2 cm³/mol. The highest BCUT2D eigenvalue weighted by atomic mass is 16.5. The smallest absolute Gasteiger partial charge is 0.305 e. The monoisotopic (exact) mass is 337 g/mol. The van der Waals surface area contributed by atoms with Crippen LogP contribution in [-0.2, 0) is 14.3 Å². The van der Waals surface area contributed by atoms with Crippen LogP contribution in [0.4, 0.5) is 0 Å². The Labute approximate surface area is 140 Å². The molecule has 1 aliphatic rings. The first kappa shape index (κ1) is 18.1. The van der Waals surface area contributed by atoms with Crippen LogP contribution in [0.2, 0.25) is 0 Å². The Kier molecular flexibility index (Phi) is 6.03. The summed E-state index contributed by atoms with van der Waals surface area (Å²) in [6.45, 7) is 2.44. The number of methoxy groups -OCH3 is 2. The van der Waals surface area contributed by atoms with Crippen LogP contribution in [0.5, 0.6) is 11.5 Å². The fourth-order valence-electron chi connectivity index (χ4n) is 2.62. The van der Waals surface area contributed by atoms with Gasteiger partial charge in [-0.15, -0.1) is 0 Å². The molecule has 1 saturated carbocycles. The van der Waals surface area contributed by atoms with Gasteiger partial charge in [0.05, 0.1) is 38.7 Å². The molecule has 2 rings (SSSR count). The standard InChI is InChI=1S/C17H23NO6/c1-4-24-14-8-11(14)17(21)18-12(9-16(19)20)10-5-6-13(22-2)15(7-10)23-3/h5-7,11-12,14H,4,8-9H2,1-3H3,(H,18,21)(H,19,20)/t11-,12-,14-/m1/s1. The molecule has 1 fully saturated rings. The van der Waals surface area contributed by atoms with E-state index in [4.69, 9.17) is 19.3 Å². The van der Waals surface area contributed by atoms with E-state index in [1.165, 1.54) is 14.2 Å². The number of nitrogens with one attached hydrogen (secondary N) is 1. The Morgan fingerprint density at radius 3 is 2.58 bits per heavy atom. The quantitative estimate of drug-likeness (QED) is 0.713. The number of rotatable bonds is 9. The molecular formula is C17H23NO6. The van der Waals surface area contributed by atoms with E-state index in [0.29, 0.717) is 30.1 Å². The van der Waals surface area contributed by atoms with Crippen LogP contribution in [0.1, 0.15) is 31.4 Å². The largest absolute Gasteiger partial charge is 0.493 e. The van der Waals surface area contributed by atoms with Crippen molar-refractivity contribution in [2.75, 3.05) is 20.8 Å². The number of carboxylic acid groups (broad SMARTS) is 1. The summed E-state index contributed by atoms with van der Waals surface area (Å²) >= 11 is 0. The number of carboxylic acids is 1. The summed E-state index contributed by atoms with van der Waals surface area (Å²) < 4.78 is 15.8. The molecule has 1 amide bonds. The van der Waals surface area contributed by atoms with E-state index in [1.54, 1.807) is 18.2 Å². The van der Waals surface area contributed by atoms with E-state index >= 15 is 0 Å². The van der Waals surface area contributed by atoms with Crippen molar-refractivity contribution in [2.45, 2.75) is 31.9 Å². The Balaban J connectivity index is 2.13. The lowest BCUT2D eigenvalue weighted by atomic mass is 10.0. The molecule has 0 aliphatic heterocycles. The zero-order valence-corrected chi connectivity index (χ0v) is 14.1. The fraction of sp³-hybridized carbons (Fsp3) is 0.529. The first-order valence-electron chi connectivity index (χ1n) is 7.85. The van der Waals surface area contributed by atoms with Gasteiger partial charge in [-0.05, 0) is 31.0 Å². The molecule has 132 valence electrons. The lowest BCUT2D eigenvalue weighted by Crippen LogP contribution is -2.32. The van der Waals surface area contributed by atoms with Crippen LogP contribution >= 0.6 is 0 Å². The summed E-state index contributed by atoms with van der Waals surface area (Å²) in [4.78, 5) is 23.5. The predicted octanol–water partition coefficient (Wildman–Crippen LogP) is 1.76. The van der Waals surface area contributed by atoms with E-state index in [0.717, 1.165) is 0 Å². The second kappa shape index (κ2) is 8.01. The fourth-order valence-corrected chi connectivity index (χ4v) is 2.62. The minimum atomic E-state index is -0.993. The van der Waals surface area contributed by atoms with Crippen molar-refractivity contribution < 1.29 is 28.9 Å². The Hall–Kier alpha value is -2.28. The number of carbonyl (C=O) groups excluding carboxylic acids is 1. The number of hydrogen-bond donors (Lipinski definition) is 2. The molecule has 24 heavy (non-hydrogen) atoms. The van der Waals surface area contributed by atoms with Gasteiger partial charge in [-0.25, -0.2) is 0 Å². The highest BCUT2D eigenvalue weighted by molar-refractivity contribution is 5.83. The molecular weight excluding hydrogens is 314 g/mol. The third-order valence-corrected chi connectivity index (χ3v) is 3.95. The van der Waals surface area contributed by atoms with Gasteiger partial charge in [0.1, 0.15) is 0 Å². The molecule has 1 aromatic rings. The van der Waals surface area contributed by atoms with Crippen LogP contribution in [-0.4, -0.2) is 43.9 Å². The minimum Gasteiger partial charge on any atom is -0.493 e. The number of carbonyl (C=O) groups is 2. The van der Waals surface area contributed by atoms with E-state index in [1.807, 2.05) is 6.92 Å². The van der Waals surface area contributed by atoms with Gasteiger partial charge in [-0.2, -0.15) is 0 Å². The molecule has 1 aliphatic carbocycles. The second-order valence-corrected chi connectivity index (χ2v) is 5.61. The Morgan fingerprint density at radius 2 is 2.00 bits per heavy atom. The molecule has 0 heterocycles. The van der Waals surface area contributed by atoms with E-state index in [2.05, 4.69) is 5.32 Å². The number of amides is 1. The molecule has 1 aromatic carbocycles. The summed E-state index contributed by atoms with van der Waals surface area (Å²) in [6.07, 6.45) is 0.393. The molecule has 0 aromatic heterocycles. The van der Waals surface area contributed by atoms with Gasteiger partial charge in [0, 0.05) is 6.61 Å². The molecule has 7 heteroatoms. The van der Waals surface area contributed by atoms with Gasteiger partial charge >= 0.3 is 5.97 Å². The number of hydrogen-bond acceptors (Lipinski definition) is 5. The molecule has 0 bridgehead atoms. The molecule has 0 radical (unpaired) electrons. The first-order chi connectivity index (χ1) is 11.5. The lowest BCUT2D eigenvalue weighted by molar-refractivity contribution is -0.137. The van der Waals surface area contributed by atoms with Crippen molar-refractivity contribution in [3.05, 3.63) is 23.8 Å². The van der Waals surface area contributed by atoms with Gasteiger partial charge < -0.3 is 24.6 Å². The molecule has 0 saturated heterocycles. The Morgan fingerprint density at radius 1 is 1.29 bits per heavy atom. The van der Waals surface area contributed by atoms with Crippen LogP contribution in [0.3, 0.4) is 0 Å². The highest BCUT2D eigenvalue weighted by Crippen LogP contribution is 2.35. The average Bonchev–Trinajstić information content (AvgIpc) is 3.33. The van der Waals surface area contributed by atoms with Gasteiger partial charge in [-0.3, -0.25) is 9.59 Å². The van der Waals surface area contributed by atoms with Gasteiger partial charge in [0.15, 0.2) is 11.5 Å². The highest BCUT2D eigenvalue weighted by Gasteiger charge is 2.44. The summed E-state index contributed by atoms with van der Waals surface area (Å²) in [5, 5.41) is 12.0. The van der Waals surface area contributed by atoms with Crippen LogP contribution in [0.25, 0.3) is 0 Å².